The van der Waals surface area contributed by atoms with Gasteiger partial charge in [0.1, 0.15) is 0 Å². The van der Waals surface area contributed by atoms with Crippen molar-refractivity contribution in [1.29, 1.82) is 0 Å². The molecule has 0 bridgehead atoms. The van der Waals surface area contributed by atoms with Crippen LogP contribution in [0.15, 0.2) is 15.7 Å². The summed E-state index contributed by atoms with van der Waals surface area (Å²) < 4.78 is 7.19. The monoisotopic (exact) mass is 283 g/mol. The summed E-state index contributed by atoms with van der Waals surface area (Å²) in [5, 5.41) is 6.69. The zero-order valence-corrected chi connectivity index (χ0v) is 12.5. The van der Waals surface area contributed by atoms with Crippen molar-refractivity contribution in [2.24, 2.45) is 0 Å². The average molecular weight is 283 g/mol. The molecule has 1 N–H and O–H groups in total. The van der Waals surface area contributed by atoms with Crippen LogP contribution in [0.2, 0.25) is 0 Å². The van der Waals surface area contributed by atoms with Gasteiger partial charge in [-0.3, -0.25) is 0 Å². The van der Waals surface area contributed by atoms with Crippen LogP contribution in [0.4, 0.5) is 0 Å². The molecule has 2 aliphatic heterocycles. The van der Waals surface area contributed by atoms with E-state index in [0.29, 0.717) is 12.1 Å². The highest BCUT2D eigenvalue weighted by molar-refractivity contribution is 8.01. The maximum absolute atomic E-state index is 5.68. The molecule has 4 heteroatoms. The van der Waals surface area contributed by atoms with Gasteiger partial charge in [-0.05, 0) is 49.2 Å². The minimum absolute atomic E-state index is 0.509. The molecule has 1 aromatic heterocycles. The molecular formula is C14H21NOS2. The van der Waals surface area contributed by atoms with Crippen molar-refractivity contribution in [2.75, 3.05) is 13.2 Å². The molecule has 0 saturated carbocycles. The third-order valence-electron chi connectivity index (χ3n) is 3.79. The number of nitrogens with one attached hydrogen (secondary N) is 1. The Morgan fingerprint density at radius 3 is 3.28 bits per heavy atom. The molecular weight excluding hydrogens is 262 g/mol. The molecule has 0 aromatic carbocycles. The summed E-state index contributed by atoms with van der Waals surface area (Å²) >= 11 is 3.92. The predicted molar refractivity (Wildman–Crippen MR) is 78.6 cm³/mol. The Bertz CT molecular complexity index is 387. The number of rotatable bonds is 4. The first-order valence-corrected chi connectivity index (χ1v) is 8.68. The largest absolute Gasteiger partial charge is 0.378 e. The zero-order chi connectivity index (χ0) is 12.4. The highest BCUT2D eigenvalue weighted by atomic mass is 32.2. The van der Waals surface area contributed by atoms with Gasteiger partial charge in [-0.15, -0.1) is 23.1 Å². The van der Waals surface area contributed by atoms with Crippen molar-refractivity contribution in [3.05, 3.63) is 17.0 Å². The fourth-order valence-corrected chi connectivity index (χ4v) is 5.40. The van der Waals surface area contributed by atoms with E-state index >= 15 is 0 Å². The Morgan fingerprint density at radius 2 is 2.44 bits per heavy atom. The van der Waals surface area contributed by atoms with Crippen molar-refractivity contribution in [1.82, 2.24) is 5.32 Å². The molecule has 2 nitrogen and oxygen atoms in total. The Labute approximate surface area is 117 Å². The second-order valence-corrected chi connectivity index (χ2v) is 7.88. The fourth-order valence-electron chi connectivity index (χ4n) is 2.83. The minimum Gasteiger partial charge on any atom is -0.378 e. The van der Waals surface area contributed by atoms with Gasteiger partial charge in [0.15, 0.2) is 0 Å². The van der Waals surface area contributed by atoms with Crippen molar-refractivity contribution in [3.8, 4) is 0 Å². The van der Waals surface area contributed by atoms with Crippen molar-refractivity contribution < 1.29 is 4.74 Å². The second-order valence-electron chi connectivity index (χ2n) is 5.26. The van der Waals surface area contributed by atoms with E-state index in [0.717, 1.165) is 24.8 Å². The highest BCUT2D eigenvalue weighted by Gasteiger charge is 2.26. The van der Waals surface area contributed by atoms with Gasteiger partial charge in [-0.25, -0.2) is 0 Å². The maximum Gasteiger partial charge on any atom is 0.0649 e. The molecule has 1 fully saturated rings. The van der Waals surface area contributed by atoms with E-state index in [9.17, 15) is 0 Å². The van der Waals surface area contributed by atoms with Crippen molar-refractivity contribution >= 4 is 23.1 Å². The standard InChI is InChI=1S/C14H21NOS2/c1-10-9-13(12-5-8-17-14(12)18-10)15-6-4-11-3-2-7-16-11/h5,8,10-11,13,15H,2-4,6-7,9H2,1H3/t10-,11?,13?/m0/s1. The lowest BCUT2D eigenvalue weighted by molar-refractivity contribution is 0.103. The first-order valence-electron chi connectivity index (χ1n) is 6.92. The summed E-state index contributed by atoms with van der Waals surface area (Å²) in [5.74, 6) is 0. The number of hydrogen-bond acceptors (Lipinski definition) is 4. The smallest absolute Gasteiger partial charge is 0.0649 e. The Morgan fingerprint density at radius 1 is 1.50 bits per heavy atom. The third-order valence-corrected chi connectivity index (χ3v) is 6.13. The lowest BCUT2D eigenvalue weighted by Crippen LogP contribution is -2.28. The van der Waals surface area contributed by atoms with Crippen LogP contribution in [0.1, 0.15) is 44.2 Å². The summed E-state index contributed by atoms with van der Waals surface area (Å²) in [6, 6.07) is 2.85. The molecule has 3 rings (SSSR count). The van der Waals surface area contributed by atoms with Gasteiger partial charge in [0, 0.05) is 17.9 Å². The summed E-state index contributed by atoms with van der Waals surface area (Å²) in [7, 11) is 0. The fraction of sp³-hybridized carbons (Fsp3) is 0.714. The summed E-state index contributed by atoms with van der Waals surface area (Å²) in [5.41, 5.74) is 1.52. The molecule has 2 aliphatic rings. The van der Waals surface area contributed by atoms with Gasteiger partial charge in [-0.2, -0.15) is 0 Å². The van der Waals surface area contributed by atoms with Gasteiger partial charge >= 0.3 is 0 Å². The highest BCUT2D eigenvalue weighted by Crippen LogP contribution is 2.43. The zero-order valence-electron chi connectivity index (χ0n) is 10.9. The molecule has 1 saturated heterocycles. The maximum atomic E-state index is 5.68. The molecule has 2 unspecified atom stereocenters. The minimum atomic E-state index is 0.509. The first kappa shape index (κ1) is 13.0. The molecule has 100 valence electrons. The SMILES string of the molecule is C[C@H]1CC(NCCC2CCCO2)c2ccsc2S1. The predicted octanol–water partition coefficient (Wildman–Crippen LogP) is 3.83. The van der Waals surface area contributed by atoms with Crippen LogP contribution in [0.25, 0.3) is 0 Å². The molecule has 0 spiro atoms. The topological polar surface area (TPSA) is 21.3 Å². The van der Waals surface area contributed by atoms with Crippen LogP contribution in [0.5, 0.6) is 0 Å². The lowest BCUT2D eigenvalue weighted by Gasteiger charge is -2.28. The number of thioether (sulfide) groups is 1. The Hall–Kier alpha value is -0.0300. The van der Waals surface area contributed by atoms with Gasteiger partial charge < -0.3 is 10.1 Å². The number of ether oxygens (including phenoxy) is 1. The van der Waals surface area contributed by atoms with Crippen LogP contribution in [-0.4, -0.2) is 24.5 Å². The van der Waals surface area contributed by atoms with E-state index in [2.05, 4.69) is 23.7 Å². The summed E-state index contributed by atoms with van der Waals surface area (Å²) in [6.45, 7) is 4.39. The van der Waals surface area contributed by atoms with Crippen LogP contribution < -0.4 is 5.32 Å². The van der Waals surface area contributed by atoms with E-state index < -0.39 is 0 Å². The first-order chi connectivity index (χ1) is 8.83. The molecule has 3 atom stereocenters. The van der Waals surface area contributed by atoms with Crippen LogP contribution >= 0.6 is 23.1 Å². The van der Waals surface area contributed by atoms with Crippen LogP contribution in [-0.2, 0) is 4.74 Å². The molecule has 0 amide bonds. The van der Waals surface area contributed by atoms with E-state index in [-0.39, 0.29) is 0 Å². The van der Waals surface area contributed by atoms with Crippen LogP contribution in [0, 0.1) is 0 Å². The Balaban J connectivity index is 1.53. The number of thiophene rings is 1. The lowest BCUT2D eigenvalue weighted by atomic mass is 10.0. The van der Waals surface area contributed by atoms with E-state index in [1.54, 1.807) is 0 Å². The number of fused-ring (bicyclic) bond motifs is 1. The van der Waals surface area contributed by atoms with E-state index in [1.165, 1.54) is 29.0 Å². The summed E-state index contributed by atoms with van der Waals surface area (Å²) in [6.07, 6.45) is 5.42. The molecule has 3 heterocycles. The van der Waals surface area contributed by atoms with Gasteiger partial charge in [0.25, 0.3) is 0 Å². The van der Waals surface area contributed by atoms with E-state index in [4.69, 9.17) is 4.74 Å². The van der Waals surface area contributed by atoms with Crippen molar-refractivity contribution in [3.63, 3.8) is 0 Å². The number of hydrogen-bond donors (Lipinski definition) is 1. The quantitative estimate of drug-likeness (QED) is 0.907. The molecule has 1 aromatic rings. The molecule has 0 aliphatic carbocycles. The molecule has 18 heavy (non-hydrogen) atoms. The van der Waals surface area contributed by atoms with E-state index in [1.807, 2.05) is 23.1 Å². The van der Waals surface area contributed by atoms with Gasteiger partial charge in [-0.1, -0.05) is 6.92 Å². The van der Waals surface area contributed by atoms with Gasteiger partial charge in [0.05, 0.1) is 10.3 Å². The van der Waals surface area contributed by atoms with Crippen LogP contribution in [0.3, 0.4) is 0 Å². The second kappa shape index (κ2) is 5.95. The normalized spacial score (nSPS) is 31.5. The molecule has 0 radical (unpaired) electrons. The van der Waals surface area contributed by atoms with Gasteiger partial charge in [0.2, 0.25) is 0 Å². The van der Waals surface area contributed by atoms with Crippen molar-refractivity contribution in [2.45, 2.75) is 54.2 Å². The summed E-state index contributed by atoms with van der Waals surface area (Å²) in [4.78, 5) is 0. The average Bonchev–Trinajstić information content (AvgIpc) is 2.98. The third kappa shape index (κ3) is 2.93. The Kier molecular flexibility index (Phi) is 4.29.